The predicted octanol–water partition coefficient (Wildman–Crippen LogP) is 2.59. The molecule has 3 rings (SSSR count). The molecule has 5 nitrogen and oxygen atoms in total. The molecule has 1 aromatic heterocycles. The summed E-state index contributed by atoms with van der Waals surface area (Å²) in [5.41, 5.74) is 9.56. The number of aryl methyl sites for hydroxylation is 2. The molecule has 2 heterocycles. The van der Waals surface area contributed by atoms with Gasteiger partial charge in [-0.05, 0) is 36.6 Å². The van der Waals surface area contributed by atoms with Crippen LogP contribution in [0.15, 0.2) is 22.6 Å². The van der Waals surface area contributed by atoms with Crippen molar-refractivity contribution in [3.05, 3.63) is 35.1 Å². The van der Waals surface area contributed by atoms with Gasteiger partial charge in [-0.1, -0.05) is 6.07 Å². The Hall–Kier alpha value is -2.74. The monoisotopic (exact) mass is 267 g/mol. The highest BCUT2D eigenvalue weighted by atomic mass is 16.4. The van der Waals surface area contributed by atoms with Crippen molar-refractivity contribution in [3.63, 3.8) is 0 Å². The van der Waals surface area contributed by atoms with E-state index in [-0.39, 0.29) is 11.8 Å². The molecule has 0 saturated carbocycles. The van der Waals surface area contributed by atoms with Crippen molar-refractivity contribution in [2.45, 2.75) is 19.8 Å². The van der Waals surface area contributed by atoms with Crippen LogP contribution in [0.4, 0.5) is 11.6 Å². The molecule has 1 aromatic carbocycles. The first kappa shape index (κ1) is 12.3. The minimum Gasteiger partial charge on any atom is -0.444 e. The van der Waals surface area contributed by atoms with Gasteiger partial charge in [-0.25, -0.2) is 0 Å². The summed E-state index contributed by atoms with van der Waals surface area (Å²) in [4.78, 5) is 11.4. The average Bonchev–Trinajstić information content (AvgIpc) is 2.72. The van der Waals surface area contributed by atoms with Crippen molar-refractivity contribution >= 4 is 17.5 Å². The number of nitrogen functional groups attached to an aromatic ring is 1. The number of nitrogens with two attached hydrogens (primary N) is 1. The van der Waals surface area contributed by atoms with E-state index in [9.17, 15) is 10.1 Å². The zero-order valence-corrected chi connectivity index (χ0v) is 11.0. The van der Waals surface area contributed by atoms with Crippen LogP contribution < -0.4 is 11.1 Å². The smallest absolute Gasteiger partial charge is 0.224 e. The van der Waals surface area contributed by atoms with Gasteiger partial charge in [-0.15, -0.1) is 0 Å². The lowest BCUT2D eigenvalue weighted by molar-refractivity contribution is -0.116. The Kier molecular flexibility index (Phi) is 2.72. The van der Waals surface area contributed by atoms with E-state index in [1.165, 1.54) is 0 Å². The van der Waals surface area contributed by atoms with E-state index in [0.717, 1.165) is 22.4 Å². The van der Waals surface area contributed by atoms with Gasteiger partial charge < -0.3 is 15.5 Å². The van der Waals surface area contributed by atoms with Crippen LogP contribution in [0.25, 0.3) is 11.1 Å². The average molecular weight is 267 g/mol. The molecule has 100 valence electrons. The van der Waals surface area contributed by atoms with Crippen LogP contribution >= 0.6 is 0 Å². The summed E-state index contributed by atoms with van der Waals surface area (Å²) in [5, 5.41) is 12.0. The summed E-state index contributed by atoms with van der Waals surface area (Å²) in [6.45, 7) is 1.79. The molecule has 0 atom stereocenters. The first-order valence-corrected chi connectivity index (χ1v) is 6.32. The van der Waals surface area contributed by atoms with E-state index >= 15 is 0 Å². The van der Waals surface area contributed by atoms with Crippen LogP contribution in [0.5, 0.6) is 0 Å². The number of furan rings is 1. The van der Waals surface area contributed by atoms with Crippen LogP contribution in [0.1, 0.15) is 23.3 Å². The zero-order valence-electron chi connectivity index (χ0n) is 11.0. The standard InChI is InChI=1S/C15H13N3O2/c1-8-14(11(7-16)15(17)20-8)10-2-4-12-9(6-10)3-5-13(19)18-12/h2,4,6H,3,5,17H2,1H3,(H,18,19). The number of hydrogen-bond acceptors (Lipinski definition) is 4. The highest BCUT2D eigenvalue weighted by Crippen LogP contribution is 2.36. The highest BCUT2D eigenvalue weighted by molar-refractivity contribution is 5.94. The van der Waals surface area contributed by atoms with Crippen molar-refractivity contribution < 1.29 is 9.21 Å². The Morgan fingerprint density at radius 2 is 2.20 bits per heavy atom. The van der Waals surface area contributed by atoms with Gasteiger partial charge in [0.15, 0.2) is 0 Å². The molecule has 20 heavy (non-hydrogen) atoms. The summed E-state index contributed by atoms with van der Waals surface area (Å²) in [7, 11) is 0. The lowest BCUT2D eigenvalue weighted by Crippen LogP contribution is -2.18. The number of anilines is 2. The topological polar surface area (TPSA) is 92.0 Å². The molecular formula is C15H13N3O2. The molecule has 1 amide bonds. The number of hydrogen-bond donors (Lipinski definition) is 2. The van der Waals surface area contributed by atoms with Gasteiger partial charge >= 0.3 is 0 Å². The second-order valence-corrected chi connectivity index (χ2v) is 4.80. The summed E-state index contributed by atoms with van der Waals surface area (Å²) < 4.78 is 5.34. The van der Waals surface area contributed by atoms with Gasteiger partial charge in [0.25, 0.3) is 0 Å². The second-order valence-electron chi connectivity index (χ2n) is 4.80. The molecule has 1 aliphatic rings. The van der Waals surface area contributed by atoms with E-state index in [2.05, 4.69) is 11.4 Å². The van der Waals surface area contributed by atoms with Crippen LogP contribution in [0.3, 0.4) is 0 Å². The van der Waals surface area contributed by atoms with Gasteiger partial charge in [0.2, 0.25) is 11.8 Å². The number of amides is 1. The number of rotatable bonds is 1. The molecule has 0 radical (unpaired) electrons. The number of carbonyl (C=O) groups is 1. The van der Waals surface area contributed by atoms with E-state index in [1.807, 2.05) is 18.2 Å². The van der Waals surface area contributed by atoms with Crippen molar-refractivity contribution in [1.82, 2.24) is 0 Å². The number of fused-ring (bicyclic) bond motifs is 1. The molecule has 5 heteroatoms. The fourth-order valence-electron chi connectivity index (χ4n) is 2.56. The van der Waals surface area contributed by atoms with E-state index < -0.39 is 0 Å². The first-order chi connectivity index (χ1) is 9.60. The fraction of sp³-hybridized carbons (Fsp3) is 0.200. The summed E-state index contributed by atoms with van der Waals surface area (Å²) >= 11 is 0. The van der Waals surface area contributed by atoms with Crippen molar-refractivity contribution in [3.8, 4) is 17.2 Å². The maximum atomic E-state index is 11.4. The van der Waals surface area contributed by atoms with Gasteiger partial charge in [-0.3, -0.25) is 4.79 Å². The Bertz CT molecular complexity index is 753. The quantitative estimate of drug-likeness (QED) is 0.830. The summed E-state index contributed by atoms with van der Waals surface area (Å²) in [6, 6.07) is 7.78. The molecular weight excluding hydrogens is 254 g/mol. The third-order valence-corrected chi connectivity index (χ3v) is 3.51. The predicted molar refractivity (Wildman–Crippen MR) is 75.0 cm³/mol. The summed E-state index contributed by atoms with van der Waals surface area (Å²) in [6.07, 6.45) is 1.18. The lowest BCUT2D eigenvalue weighted by atomic mass is 9.95. The Balaban J connectivity index is 2.13. The molecule has 3 N–H and O–H groups in total. The maximum absolute atomic E-state index is 11.4. The maximum Gasteiger partial charge on any atom is 0.224 e. The van der Waals surface area contributed by atoms with Crippen LogP contribution in [0, 0.1) is 18.3 Å². The zero-order chi connectivity index (χ0) is 14.3. The Morgan fingerprint density at radius 3 is 2.95 bits per heavy atom. The van der Waals surface area contributed by atoms with Crippen molar-refractivity contribution in [2.75, 3.05) is 11.1 Å². The molecule has 1 aliphatic heterocycles. The molecule has 2 aromatic rings. The van der Waals surface area contributed by atoms with Crippen LogP contribution in [-0.4, -0.2) is 5.91 Å². The number of carbonyl (C=O) groups excluding carboxylic acids is 1. The van der Waals surface area contributed by atoms with Gasteiger partial charge in [0.1, 0.15) is 17.4 Å². The van der Waals surface area contributed by atoms with Gasteiger partial charge in [-0.2, -0.15) is 5.26 Å². The van der Waals surface area contributed by atoms with E-state index in [1.54, 1.807) is 6.92 Å². The largest absolute Gasteiger partial charge is 0.444 e. The minimum atomic E-state index is 0.0340. The third kappa shape index (κ3) is 1.82. The fourth-order valence-corrected chi connectivity index (χ4v) is 2.56. The number of nitrogens with one attached hydrogen (secondary N) is 1. The van der Waals surface area contributed by atoms with Crippen molar-refractivity contribution in [2.24, 2.45) is 0 Å². The third-order valence-electron chi connectivity index (χ3n) is 3.51. The normalized spacial score (nSPS) is 13.5. The van der Waals surface area contributed by atoms with Gasteiger partial charge in [0.05, 0.1) is 0 Å². The molecule has 0 fully saturated rings. The molecule has 0 bridgehead atoms. The Labute approximate surface area is 116 Å². The number of nitriles is 1. The second kappa shape index (κ2) is 4.42. The first-order valence-electron chi connectivity index (χ1n) is 6.32. The molecule has 0 unspecified atom stereocenters. The van der Waals surface area contributed by atoms with E-state index in [0.29, 0.717) is 24.2 Å². The molecule has 0 aliphatic carbocycles. The Morgan fingerprint density at radius 1 is 1.40 bits per heavy atom. The SMILES string of the molecule is Cc1oc(N)c(C#N)c1-c1ccc2c(c1)CCC(=O)N2. The van der Waals surface area contributed by atoms with E-state index in [4.69, 9.17) is 10.2 Å². The minimum absolute atomic E-state index is 0.0340. The molecule has 0 saturated heterocycles. The lowest BCUT2D eigenvalue weighted by Gasteiger charge is -2.17. The van der Waals surface area contributed by atoms with Gasteiger partial charge in [0, 0.05) is 17.7 Å². The summed E-state index contributed by atoms with van der Waals surface area (Å²) in [5.74, 6) is 0.802. The molecule has 0 spiro atoms. The number of nitrogens with zero attached hydrogens (tertiary/aromatic N) is 1. The van der Waals surface area contributed by atoms with Crippen LogP contribution in [-0.2, 0) is 11.2 Å². The van der Waals surface area contributed by atoms with Crippen molar-refractivity contribution in [1.29, 1.82) is 5.26 Å². The number of benzene rings is 1. The highest BCUT2D eigenvalue weighted by Gasteiger charge is 2.20. The van der Waals surface area contributed by atoms with Crippen LogP contribution in [0.2, 0.25) is 0 Å².